The highest BCUT2D eigenvalue weighted by atomic mass is 19.4. The van der Waals surface area contributed by atoms with Gasteiger partial charge in [-0.3, -0.25) is 9.48 Å². The summed E-state index contributed by atoms with van der Waals surface area (Å²) in [6.45, 7) is 1.80. The number of amides is 1. The SMILES string of the molecule is CN1CCC(N(Cc2ccco2)C(=O)Cn2ccc(C(F)(F)F)n2)CC1. The van der Waals surface area contributed by atoms with E-state index in [0.29, 0.717) is 12.3 Å². The molecule has 0 unspecified atom stereocenters. The predicted octanol–water partition coefficient (Wildman–Crippen LogP) is 2.62. The van der Waals surface area contributed by atoms with Crippen molar-refractivity contribution in [2.75, 3.05) is 20.1 Å². The third-order valence-corrected chi connectivity index (χ3v) is 4.58. The highest BCUT2D eigenvalue weighted by molar-refractivity contribution is 5.76. The van der Waals surface area contributed by atoms with Crippen molar-refractivity contribution in [3.63, 3.8) is 0 Å². The maximum atomic E-state index is 12.8. The number of piperidine rings is 1. The van der Waals surface area contributed by atoms with Gasteiger partial charge < -0.3 is 14.2 Å². The fourth-order valence-corrected chi connectivity index (χ4v) is 3.13. The van der Waals surface area contributed by atoms with Crippen LogP contribution in [0.1, 0.15) is 24.3 Å². The number of carbonyl (C=O) groups is 1. The Morgan fingerprint density at radius 1 is 1.35 bits per heavy atom. The van der Waals surface area contributed by atoms with Gasteiger partial charge in [-0.05, 0) is 51.2 Å². The van der Waals surface area contributed by atoms with Crippen molar-refractivity contribution in [1.29, 1.82) is 0 Å². The average molecular weight is 370 g/mol. The van der Waals surface area contributed by atoms with Gasteiger partial charge in [0.25, 0.3) is 0 Å². The van der Waals surface area contributed by atoms with E-state index in [0.717, 1.165) is 36.7 Å². The van der Waals surface area contributed by atoms with Crippen LogP contribution < -0.4 is 0 Å². The van der Waals surface area contributed by atoms with E-state index in [-0.39, 0.29) is 18.5 Å². The van der Waals surface area contributed by atoms with Crippen LogP contribution in [0.5, 0.6) is 0 Å². The molecule has 0 saturated carbocycles. The van der Waals surface area contributed by atoms with Gasteiger partial charge in [-0.25, -0.2) is 0 Å². The zero-order valence-corrected chi connectivity index (χ0v) is 14.4. The molecule has 2 aromatic rings. The van der Waals surface area contributed by atoms with E-state index >= 15 is 0 Å². The quantitative estimate of drug-likeness (QED) is 0.812. The fourth-order valence-electron chi connectivity index (χ4n) is 3.13. The Balaban J connectivity index is 1.72. The fraction of sp³-hybridized carbons (Fsp3) is 0.529. The summed E-state index contributed by atoms with van der Waals surface area (Å²) in [5.74, 6) is 0.376. The van der Waals surface area contributed by atoms with E-state index in [2.05, 4.69) is 10.00 Å². The van der Waals surface area contributed by atoms with Crippen LogP contribution in [-0.4, -0.2) is 51.7 Å². The zero-order chi connectivity index (χ0) is 18.7. The second-order valence-corrected chi connectivity index (χ2v) is 6.53. The van der Waals surface area contributed by atoms with Gasteiger partial charge >= 0.3 is 6.18 Å². The van der Waals surface area contributed by atoms with Crippen LogP contribution >= 0.6 is 0 Å². The van der Waals surface area contributed by atoms with Gasteiger partial charge in [0, 0.05) is 12.2 Å². The lowest BCUT2D eigenvalue weighted by Gasteiger charge is -2.37. The summed E-state index contributed by atoms with van der Waals surface area (Å²) in [5.41, 5.74) is -0.998. The largest absolute Gasteiger partial charge is 0.467 e. The molecule has 0 bridgehead atoms. The van der Waals surface area contributed by atoms with E-state index < -0.39 is 11.9 Å². The van der Waals surface area contributed by atoms with Gasteiger partial charge in [-0.2, -0.15) is 18.3 Å². The van der Waals surface area contributed by atoms with E-state index in [1.807, 2.05) is 7.05 Å². The number of furan rings is 1. The molecule has 0 spiro atoms. The molecule has 1 amide bonds. The van der Waals surface area contributed by atoms with Crippen molar-refractivity contribution in [1.82, 2.24) is 19.6 Å². The summed E-state index contributed by atoms with van der Waals surface area (Å²) in [5, 5.41) is 3.47. The first kappa shape index (κ1) is 18.5. The van der Waals surface area contributed by atoms with Gasteiger partial charge in [-0.15, -0.1) is 0 Å². The minimum atomic E-state index is -4.52. The highest BCUT2D eigenvalue weighted by Gasteiger charge is 2.34. The Labute approximate surface area is 149 Å². The average Bonchev–Trinajstić information content (AvgIpc) is 3.24. The van der Waals surface area contributed by atoms with E-state index in [1.165, 1.54) is 12.5 Å². The molecule has 0 N–H and O–H groups in total. The second kappa shape index (κ2) is 7.53. The number of hydrogen-bond donors (Lipinski definition) is 0. The molecule has 9 heteroatoms. The molecule has 1 saturated heterocycles. The summed E-state index contributed by atoms with van der Waals surface area (Å²) >= 11 is 0. The standard InChI is InChI=1S/C17H21F3N4O2/c1-22-7-4-13(5-8-22)24(11-14-3-2-10-26-14)16(25)12-23-9-6-15(21-23)17(18,19)20/h2-3,6,9-10,13H,4-5,7-8,11-12H2,1H3. The summed E-state index contributed by atoms with van der Waals surface area (Å²) in [7, 11) is 2.03. The van der Waals surface area contributed by atoms with Crippen molar-refractivity contribution in [2.24, 2.45) is 0 Å². The van der Waals surface area contributed by atoms with E-state index in [4.69, 9.17) is 4.42 Å². The molecule has 0 atom stereocenters. The first-order valence-corrected chi connectivity index (χ1v) is 8.44. The molecule has 2 aromatic heterocycles. The Bertz CT molecular complexity index is 719. The second-order valence-electron chi connectivity index (χ2n) is 6.53. The van der Waals surface area contributed by atoms with Crippen LogP contribution in [0.3, 0.4) is 0 Å². The molecule has 0 aliphatic carbocycles. The molecule has 26 heavy (non-hydrogen) atoms. The highest BCUT2D eigenvalue weighted by Crippen LogP contribution is 2.27. The summed E-state index contributed by atoms with van der Waals surface area (Å²) in [6, 6.07) is 4.43. The molecule has 0 radical (unpaired) electrons. The summed E-state index contributed by atoms with van der Waals surface area (Å²) in [4.78, 5) is 16.7. The maximum absolute atomic E-state index is 12.8. The summed E-state index contributed by atoms with van der Waals surface area (Å²) < 4.78 is 44.5. The van der Waals surface area contributed by atoms with Gasteiger partial charge in [0.1, 0.15) is 12.3 Å². The monoisotopic (exact) mass is 370 g/mol. The minimum absolute atomic E-state index is 0.0291. The molecular formula is C17H21F3N4O2. The van der Waals surface area contributed by atoms with Crippen molar-refractivity contribution < 1.29 is 22.4 Å². The Morgan fingerprint density at radius 2 is 2.08 bits per heavy atom. The molecule has 3 heterocycles. The first-order valence-electron chi connectivity index (χ1n) is 8.44. The van der Waals surface area contributed by atoms with Crippen LogP contribution in [0, 0.1) is 0 Å². The molecule has 3 rings (SSSR count). The molecule has 1 aliphatic rings. The molecule has 1 aliphatic heterocycles. The van der Waals surface area contributed by atoms with Crippen LogP contribution in [0.25, 0.3) is 0 Å². The summed E-state index contributed by atoms with van der Waals surface area (Å²) in [6.07, 6.45) is -0.169. The van der Waals surface area contributed by atoms with Crippen molar-refractivity contribution in [3.05, 3.63) is 42.1 Å². The smallest absolute Gasteiger partial charge is 0.435 e. The lowest BCUT2D eigenvalue weighted by atomic mass is 10.0. The van der Waals surface area contributed by atoms with Crippen molar-refractivity contribution >= 4 is 5.91 Å². The van der Waals surface area contributed by atoms with Gasteiger partial charge in [-0.1, -0.05) is 0 Å². The molecular weight excluding hydrogens is 349 g/mol. The molecule has 0 aromatic carbocycles. The lowest BCUT2D eigenvalue weighted by Crippen LogP contribution is -2.47. The third-order valence-electron chi connectivity index (χ3n) is 4.58. The number of carbonyl (C=O) groups excluding carboxylic acids is 1. The number of alkyl halides is 3. The molecule has 142 valence electrons. The lowest BCUT2D eigenvalue weighted by molar-refractivity contribution is -0.142. The third kappa shape index (κ3) is 4.46. The maximum Gasteiger partial charge on any atom is 0.435 e. The number of likely N-dealkylation sites (tertiary alicyclic amines) is 1. The van der Waals surface area contributed by atoms with E-state index in [1.54, 1.807) is 17.0 Å². The Hall–Kier alpha value is -2.29. The molecule has 6 nitrogen and oxygen atoms in total. The van der Waals surface area contributed by atoms with Gasteiger partial charge in [0.15, 0.2) is 5.69 Å². The minimum Gasteiger partial charge on any atom is -0.467 e. The first-order chi connectivity index (χ1) is 12.3. The van der Waals surface area contributed by atoms with E-state index in [9.17, 15) is 18.0 Å². The van der Waals surface area contributed by atoms with Crippen LogP contribution in [0.2, 0.25) is 0 Å². The van der Waals surface area contributed by atoms with Crippen LogP contribution in [-0.2, 0) is 24.1 Å². The van der Waals surface area contributed by atoms with Crippen LogP contribution in [0.4, 0.5) is 13.2 Å². The normalized spacial score (nSPS) is 16.8. The Kier molecular flexibility index (Phi) is 5.36. The number of aromatic nitrogens is 2. The van der Waals surface area contributed by atoms with Crippen molar-refractivity contribution in [3.8, 4) is 0 Å². The number of nitrogens with zero attached hydrogens (tertiary/aromatic N) is 4. The zero-order valence-electron chi connectivity index (χ0n) is 14.4. The number of hydrogen-bond acceptors (Lipinski definition) is 4. The number of halogens is 3. The predicted molar refractivity (Wildman–Crippen MR) is 87.0 cm³/mol. The van der Waals surface area contributed by atoms with Gasteiger partial charge in [0.05, 0.1) is 12.8 Å². The topological polar surface area (TPSA) is 54.5 Å². The molecule has 1 fully saturated rings. The number of rotatable bonds is 5. The van der Waals surface area contributed by atoms with Gasteiger partial charge in [0.2, 0.25) is 5.91 Å². The Morgan fingerprint density at radius 3 is 2.65 bits per heavy atom. The van der Waals surface area contributed by atoms with Crippen LogP contribution in [0.15, 0.2) is 35.1 Å². The van der Waals surface area contributed by atoms with Crippen molar-refractivity contribution in [2.45, 2.75) is 38.1 Å².